The van der Waals surface area contributed by atoms with Crippen LogP contribution in [-0.4, -0.2) is 29.0 Å². The summed E-state index contributed by atoms with van der Waals surface area (Å²) >= 11 is 6.33. The molecule has 2 aromatic carbocycles. The number of aryl methyl sites for hydroxylation is 1. The zero-order valence-corrected chi connectivity index (χ0v) is 18.1. The largest absolute Gasteiger partial charge is 0.384 e. The number of unbranched alkanes of at least 4 members (excludes halogenated alkanes) is 2. The first kappa shape index (κ1) is 23.8. The SMILES string of the molecule is O=P(O)(O)CCCNCc1ccc(NCCCCCc2ccccc2F)c(Cl)c1. The minimum atomic E-state index is -3.91. The molecular weight excluding hydrogens is 414 g/mol. The molecule has 0 aromatic heterocycles. The summed E-state index contributed by atoms with van der Waals surface area (Å²) in [6, 6.07) is 12.7. The van der Waals surface area contributed by atoms with Crippen molar-refractivity contribution in [2.45, 2.75) is 38.6 Å². The van der Waals surface area contributed by atoms with Crippen molar-refractivity contribution in [2.24, 2.45) is 0 Å². The van der Waals surface area contributed by atoms with Gasteiger partial charge in [-0.3, -0.25) is 4.57 Å². The third kappa shape index (κ3) is 9.75. The van der Waals surface area contributed by atoms with E-state index in [0.717, 1.165) is 49.0 Å². The van der Waals surface area contributed by atoms with Gasteiger partial charge in [-0.05, 0) is 61.6 Å². The fourth-order valence-electron chi connectivity index (χ4n) is 3.00. The van der Waals surface area contributed by atoms with Crippen LogP contribution in [0.5, 0.6) is 0 Å². The summed E-state index contributed by atoms with van der Waals surface area (Å²) in [5, 5.41) is 7.13. The van der Waals surface area contributed by atoms with Crippen LogP contribution in [0.15, 0.2) is 42.5 Å². The third-order valence-corrected chi connectivity index (χ3v) is 5.77. The van der Waals surface area contributed by atoms with Crippen molar-refractivity contribution < 1.29 is 18.7 Å². The molecule has 2 aromatic rings. The van der Waals surface area contributed by atoms with Gasteiger partial charge in [0.25, 0.3) is 0 Å². The van der Waals surface area contributed by atoms with E-state index in [2.05, 4.69) is 10.6 Å². The van der Waals surface area contributed by atoms with Gasteiger partial charge in [0.05, 0.1) is 16.9 Å². The predicted octanol–water partition coefficient (Wildman–Crippen LogP) is 4.96. The average molecular weight is 443 g/mol. The fraction of sp³-hybridized carbons (Fsp3) is 0.429. The Morgan fingerprint density at radius 3 is 2.52 bits per heavy atom. The lowest BCUT2D eigenvalue weighted by Gasteiger charge is -2.11. The number of benzene rings is 2. The van der Waals surface area contributed by atoms with E-state index in [-0.39, 0.29) is 12.0 Å². The highest BCUT2D eigenvalue weighted by molar-refractivity contribution is 7.51. The molecule has 0 unspecified atom stereocenters. The van der Waals surface area contributed by atoms with Crippen molar-refractivity contribution >= 4 is 24.9 Å². The summed E-state index contributed by atoms with van der Waals surface area (Å²) in [7, 11) is -3.91. The smallest absolute Gasteiger partial charge is 0.325 e. The van der Waals surface area contributed by atoms with E-state index in [0.29, 0.717) is 24.5 Å². The zero-order chi connectivity index (χ0) is 21.1. The van der Waals surface area contributed by atoms with Crippen molar-refractivity contribution in [3.05, 3.63) is 64.4 Å². The van der Waals surface area contributed by atoms with E-state index in [1.54, 1.807) is 6.07 Å². The second-order valence-corrected chi connectivity index (χ2v) is 9.25. The highest BCUT2D eigenvalue weighted by Crippen LogP contribution is 2.34. The summed E-state index contributed by atoms with van der Waals surface area (Å²) in [4.78, 5) is 17.7. The molecule has 4 N–H and O–H groups in total. The quantitative estimate of drug-likeness (QED) is 0.260. The van der Waals surface area contributed by atoms with Gasteiger partial charge in [-0.25, -0.2) is 4.39 Å². The summed E-state index contributed by atoms with van der Waals surface area (Å²) in [6.45, 7) is 1.93. The van der Waals surface area contributed by atoms with E-state index < -0.39 is 7.60 Å². The van der Waals surface area contributed by atoms with Gasteiger partial charge in [0.1, 0.15) is 5.82 Å². The van der Waals surface area contributed by atoms with Crippen LogP contribution in [0.1, 0.15) is 36.8 Å². The molecule has 0 aliphatic rings. The maximum atomic E-state index is 13.6. The first-order valence-electron chi connectivity index (χ1n) is 9.86. The molecule has 0 radical (unpaired) electrons. The zero-order valence-electron chi connectivity index (χ0n) is 16.4. The first-order chi connectivity index (χ1) is 13.8. The van der Waals surface area contributed by atoms with E-state index >= 15 is 0 Å². The lowest BCUT2D eigenvalue weighted by atomic mass is 10.1. The van der Waals surface area contributed by atoms with E-state index in [1.165, 1.54) is 6.07 Å². The van der Waals surface area contributed by atoms with Gasteiger partial charge in [-0.15, -0.1) is 0 Å². The Morgan fingerprint density at radius 1 is 1.00 bits per heavy atom. The van der Waals surface area contributed by atoms with Crippen molar-refractivity contribution in [1.29, 1.82) is 0 Å². The van der Waals surface area contributed by atoms with E-state index in [1.807, 2.05) is 30.3 Å². The maximum Gasteiger partial charge on any atom is 0.325 e. The number of anilines is 1. The monoisotopic (exact) mass is 442 g/mol. The number of hydrogen-bond acceptors (Lipinski definition) is 3. The van der Waals surface area contributed by atoms with Crippen molar-refractivity contribution in [3.8, 4) is 0 Å². The summed E-state index contributed by atoms with van der Waals surface area (Å²) < 4.78 is 24.4. The van der Waals surface area contributed by atoms with Crippen LogP contribution < -0.4 is 10.6 Å². The second-order valence-electron chi connectivity index (χ2n) is 7.06. The topological polar surface area (TPSA) is 81.6 Å². The third-order valence-electron chi connectivity index (χ3n) is 4.56. The van der Waals surface area contributed by atoms with Gasteiger partial charge in [-0.1, -0.05) is 42.3 Å². The van der Waals surface area contributed by atoms with Crippen molar-refractivity contribution in [3.63, 3.8) is 0 Å². The molecule has 160 valence electrons. The lowest BCUT2D eigenvalue weighted by Crippen LogP contribution is -2.15. The fourth-order valence-corrected chi connectivity index (χ4v) is 3.84. The number of nitrogens with one attached hydrogen (secondary N) is 2. The maximum absolute atomic E-state index is 13.6. The molecule has 0 amide bonds. The Morgan fingerprint density at radius 2 is 1.79 bits per heavy atom. The standard InChI is InChI=1S/C21H29ClFN2O3P/c22-19-15-17(16-24-12-6-14-29(26,27)28)10-11-21(19)25-13-5-1-2-7-18-8-3-4-9-20(18)23/h3-4,8-11,15,24-25H,1-2,5-7,12-14,16H2,(H2,26,27,28). The number of hydrogen-bond donors (Lipinski definition) is 4. The molecular formula is C21H29ClFN2O3P. The number of halogens is 2. The van der Waals surface area contributed by atoms with Gasteiger partial charge in [0.2, 0.25) is 0 Å². The molecule has 8 heteroatoms. The molecule has 2 rings (SSSR count). The normalized spacial score (nSPS) is 11.6. The Labute approximate surface area is 176 Å². The van der Waals surface area contributed by atoms with Gasteiger partial charge in [-0.2, -0.15) is 0 Å². The molecule has 0 saturated heterocycles. The minimum absolute atomic E-state index is 0.107. The van der Waals surface area contributed by atoms with Crippen LogP contribution in [0.4, 0.5) is 10.1 Å². The van der Waals surface area contributed by atoms with Gasteiger partial charge in [0.15, 0.2) is 0 Å². The highest BCUT2D eigenvalue weighted by Gasteiger charge is 2.11. The van der Waals surface area contributed by atoms with Crippen molar-refractivity contribution in [1.82, 2.24) is 5.32 Å². The molecule has 0 atom stereocenters. The van der Waals surface area contributed by atoms with Crippen LogP contribution >= 0.6 is 19.2 Å². The van der Waals surface area contributed by atoms with Gasteiger partial charge >= 0.3 is 7.60 Å². The molecule has 0 bridgehead atoms. The Balaban J connectivity index is 1.62. The van der Waals surface area contributed by atoms with Crippen LogP contribution in [0.25, 0.3) is 0 Å². The van der Waals surface area contributed by atoms with Crippen LogP contribution in [0, 0.1) is 5.82 Å². The van der Waals surface area contributed by atoms with E-state index in [9.17, 15) is 8.96 Å². The highest BCUT2D eigenvalue weighted by atomic mass is 35.5. The molecule has 0 heterocycles. The predicted molar refractivity (Wildman–Crippen MR) is 117 cm³/mol. The Bertz CT molecular complexity index is 816. The molecule has 0 fully saturated rings. The molecule has 0 spiro atoms. The van der Waals surface area contributed by atoms with E-state index in [4.69, 9.17) is 21.4 Å². The molecule has 0 aliphatic carbocycles. The lowest BCUT2D eigenvalue weighted by molar-refractivity contribution is 0.371. The molecule has 5 nitrogen and oxygen atoms in total. The van der Waals surface area contributed by atoms with Crippen LogP contribution in [0.3, 0.4) is 0 Å². The van der Waals surface area contributed by atoms with Crippen LogP contribution in [0.2, 0.25) is 5.02 Å². The first-order valence-corrected chi connectivity index (χ1v) is 12.0. The summed E-state index contributed by atoms with van der Waals surface area (Å²) in [6.07, 6.45) is 4.01. The van der Waals surface area contributed by atoms with Gasteiger partial charge in [0, 0.05) is 13.1 Å². The Kier molecular flexibility index (Phi) is 10.1. The Hall–Kier alpha value is -1.43. The number of rotatable bonds is 13. The summed E-state index contributed by atoms with van der Waals surface area (Å²) in [5.74, 6) is -0.131. The average Bonchev–Trinajstić information content (AvgIpc) is 2.66. The molecule has 0 saturated carbocycles. The van der Waals surface area contributed by atoms with Gasteiger partial charge < -0.3 is 20.4 Å². The minimum Gasteiger partial charge on any atom is -0.384 e. The van der Waals surface area contributed by atoms with Crippen LogP contribution in [-0.2, 0) is 17.5 Å². The molecule has 29 heavy (non-hydrogen) atoms. The second kappa shape index (κ2) is 12.3. The molecule has 0 aliphatic heterocycles. The summed E-state index contributed by atoms with van der Waals surface area (Å²) in [5.41, 5.74) is 2.67. The van der Waals surface area contributed by atoms with Crippen molar-refractivity contribution in [2.75, 3.05) is 24.6 Å².